The van der Waals surface area contributed by atoms with Gasteiger partial charge in [-0.25, -0.2) is 9.97 Å². The zero-order chi connectivity index (χ0) is 15.2. The lowest BCUT2D eigenvalue weighted by atomic mass is 9.99. The molecule has 1 heterocycles. The van der Waals surface area contributed by atoms with Gasteiger partial charge in [0.15, 0.2) is 11.5 Å². The van der Waals surface area contributed by atoms with Crippen molar-refractivity contribution < 1.29 is 9.94 Å². The Bertz CT molecular complexity index is 626. The van der Waals surface area contributed by atoms with Crippen LogP contribution in [-0.2, 0) is 0 Å². The Hall–Kier alpha value is -2.63. The van der Waals surface area contributed by atoms with E-state index in [0.29, 0.717) is 11.7 Å². The summed E-state index contributed by atoms with van der Waals surface area (Å²) in [5.74, 6) is 1.18. The minimum Gasteiger partial charge on any atom is -0.437 e. The third-order valence-electron chi connectivity index (χ3n) is 3.29. The molecule has 0 radical (unpaired) electrons. The Morgan fingerprint density at radius 1 is 1.29 bits per heavy atom. The first-order valence-corrected chi connectivity index (χ1v) is 6.72. The van der Waals surface area contributed by atoms with E-state index in [9.17, 15) is 0 Å². The molecule has 0 saturated heterocycles. The lowest BCUT2D eigenvalue weighted by Gasteiger charge is -2.11. The van der Waals surface area contributed by atoms with E-state index in [1.807, 2.05) is 24.3 Å². The topological polar surface area (TPSA) is 93.6 Å². The minimum atomic E-state index is -0.144. The van der Waals surface area contributed by atoms with E-state index in [0.717, 1.165) is 6.42 Å². The van der Waals surface area contributed by atoms with Crippen molar-refractivity contribution in [3.63, 3.8) is 0 Å². The molecule has 0 fully saturated rings. The number of amidine groups is 1. The predicted octanol–water partition coefficient (Wildman–Crippen LogP) is 2.88. The van der Waals surface area contributed by atoms with Crippen molar-refractivity contribution >= 4 is 5.84 Å². The summed E-state index contributed by atoms with van der Waals surface area (Å²) in [5.41, 5.74) is 7.00. The lowest BCUT2D eigenvalue weighted by Crippen LogP contribution is -2.16. The maximum Gasteiger partial charge on any atom is 0.249 e. The Labute approximate surface area is 123 Å². The standard InChI is InChI=1S/C15H18N4O2/c1-3-10(2)11-4-6-12(7-5-11)21-15-13(14(16)19-20)17-8-9-18-15/h4-10,20H,3H2,1-2H3,(H2,16,19). The summed E-state index contributed by atoms with van der Waals surface area (Å²) in [6, 6.07) is 7.77. The molecule has 0 saturated carbocycles. The molecule has 2 aromatic rings. The molecule has 3 N–H and O–H groups in total. The molecule has 1 aromatic heterocycles. The molecule has 6 heteroatoms. The zero-order valence-electron chi connectivity index (χ0n) is 12.0. The van der Waals surface area contributed by atoms with Crippen LogP contribution >= 0.6 is 0 Å². The molecule has 1 atom stereocenters. The quantitative estimate of drug-likeness (QED) is 0.381. The first-order valence-electron chi connectivity index (χ1n) is 6.72. The number of nitrogens with two attached hydrogens (primary N) is 1. The van der Waals surface area contributed by atoms with Gasteiger partial charge in [0.25, 0.3) is 0 Å². The van der Waals surface area contributed by atoms with Gasteiger partial charge in [0.2, 0.25) is 5.88 Å². The predicted molar refractivity (Wildman–Crippen MR) is 79.8 cm³/mol. The first-order chi connectivity index (χ1) is 10.2. The fourth-order valence-corrected chi connectivity index (χ4v) is 1.83. The normalized spacial score (nSPS) is 13.0. The van der Waals surface area contributed by atoms with Gasteiger partial charge in [0, 0.05) is 12.4 Å². The number of oxime groups is 1. The third kappa shape index (κ3) is 3.47. The van der Waals surface area contributed by atoms with E-state index in [2.05, 4.69) is 29.0 Å². The van der Waals surface area contributed by atoms with Crippen LogP contribution in [0.1, 0.15) is 37.4 Å². The van der Waals surface area contributed by atoms with Crippen LogP contribution in [0.4, 0.5) is 0 Å². The van der Waals surface area contributed by atoms with Crippen molar-refractivity contribution in [1.82, 2.24) is 9.97 Å². The van der Waals surface area contributed by atoms with Gasteiger partial charge in [0.1, 0.15) is 5.75 Å². The smallest absolute Gasteiger partial charge is 0.249 e. The van der Waals surface area contributed by atoms with Crippen LogP contribution in [0.5, 0.6) is 11.6 Å². The molecule has 110 valence electrons. The number of ether oxygens (including phenoxy) is 1. The van der Waals surface area contributed by atoms with Crippen molar-refractivity contribution in [1.29, 1.82) is 0 Å². The number of benzene rings is 1. The number of rotatable bonds is 5. The van der Waals surface area contributed by atoms with Crippen molar-refractivity contribution in [3.8, 4) is 11.6 Å². The van der Waals surface area contributed by atoms with Crippen LogP contribution in [0, 0.1) is 0 Å². The minimum absolute atomic E-state index is 0.144. The fraction of sp³-hybridized carbons (Fsp3) is 0.267. The second kappa shape index (κ2) is 6.69. The van der Waals surface area contributed by atoms with Gasteiger partial charge < -0.3 is 15.7 Å². The van der Waals surface area contributed by atoms with E-state index < -0.39 is 0 Å². The Kier molecular flexibility index (Phi) is 4.71. The van der Waals surface area contributed by atoms with Crippen LogP contribution in [-0.4, -0.2) is 21.0 Å². The summed E-state index contributed by atoms with van der Waals surface area (Å²) < 4.78 is 5.66. The highest BCUT2D eigenvalue weighted by molar-refractivity contribution is 5.97. The van der Waals surface area contributed by atoms with E-state index in [4.69, 9.17) is 15.7 Å². The Morgan fingerprint density at radius 2 is 1.95 bits per heavy atom. The molecule has 6 nitrogen and oxygen atoms in total. The first kappa shape index (κ1) is 14.8. The number of hydrogen-bond donors (Lipinski definition) is 2. The molecule has 0 aliphatic heterocycles. The van der Waals surface area contributed by atoms with E-state index in [1.165, 1.54) is 18.0 Å². The van der Waals surface area contributed by atoms with Crippen molar-refractivity contribution in [2.75, 3.05) is 0 Å². The molecule has 21 heavy (non-hydrogen) atoms. The van der Waals surface area contributed by atoms with Crippen LogP contribution < -0.4 is 10.5 Å². The van der Waals surface area contributed by atoms with E-state index >= 15 is 0 Å². The maximum absolute atomic E-state index is 8.74. The number of nitrogens with zero attached hydrogens (tertiary/aromatic N) is 3. The molecule has 1 aromatic carbocycles. The number of hydrogen-bond acceptors (Lipinski definition) is 5. The van der Waals surface area contributed by atoms with E-state index in [-0.39, 0.29) is 17.4 Å². The second-order valence-electron chi connectivity index (χ2n) is 4.68. The van der Waals surface area contributed by atoms with Gasteiger partial charge in [-0.2, -0.15) is 0 Å². The molecule has 0 amide bonds. The lowest BCUT2D eigenvalue weighted by molar-refractivity contribution is 0.318. The van der Waals surface area contributed by atoms with Gasteiger partial charge in [-0.05, 0) is 30.0 Å². The average Bonchev–Trinajstić information content (AvgIpc) is 2.54. The number of aromatic nitrogens is 2. The van der Waals surface area contributed by atoms with Crippen LogP contribution in [0.25, 0.3) is 0 Å². The molecule has 1 unspecified atom stereocenters. The summed E-state index contributed by atoms with van der Waals surface area (Å²) in [7, 11) is 0. The summed E-state index contributed by atoms with van der Waals surface area (Å²) in [6.45, 7) is 4.33. The van der Waals surface area contributed by atoms with Crippen LogP contribution in [0.3, 0.4) is 0 Å². The highest BCUT2D eigenvalue weighted by Gasteiger charge is 2.12. The molecule has 0 aliphatic rings. The second-order valence-corrected chi connectivity index (χ2v) is 4.68. The molecule has 0 aliphatic carbocycles. The fourth-order valence-electron chi connectivity index (χ4n) is 1.83. The van der Waals surface area contributed by atoms with E-state index in [1.54, 1.807) is 0 Å². The zero-order valence-corrected chi connectivity index (χ0v) is 12.0. The average molecular weight is 286 g/mol. The largest absolute Gasteiger partial charge is 0.437 e. The molecule has 0 spiro atoms. The molecular weight excluding hydrogens is 268 g/mol. The van der Waals surface area contributed by atoms with Gasteiger partial charge >= 0.3 is 0 Å². The van der Waals surface area contributed by atoms with Gasteiger partial charge in [-0.15, -0.1) is 0 Å². The third-order valence-corrected chi connectivity index (χ3v) is 3.29. The van der Waals surface area contributed by atoms with Gasteiger partial charge in [0.05, 0.1) is 0 Å². The van der Waals surface area contributed by atoms with Crippen LogP contribution in [0.15, 0.2) is 41.8 Å². The molecule has 2 rings (SSSR count). The summed E-state index contributed by atoms with van der Waals surface area (Å²) in [5, 5.41) is 11.7. The maximum atomic E-state index is 8.74. The summed E-state index contributed by atoms with van der Waals surface area (Å²) in [6.07, 6.45) is 4.02. The van der Waals surface area contributed by atoms with Gasteiger partial charge in [-0.3, -0.25) is 0 Å². The highest BCUT2D eigenvalue weighted by atomic mass is 16.5. The summed E-state index contributed by atoms with van der Waals surface area (Å²) in [4.78, 5) is 8.06. The SMILES string of the molecule is CCC(C)c1ccc(Oc2nccnc2/C(N)=N/O)cc1. The van der Waals surface area contributed by atoms with Crippen LogP contribution in [0.2, 0.25) is 0 Å². The Balaban J connectivity index is 2.23. The summed E-state index contributed by atoms with van der Waals surface area (Å²) >= 11 is 0. The van der Waals surface area contributed by atoms with Gasteiger partial charge in [-0.1, -0.05) is 31.1 Å². The molecule has 0 bridgehead atoms. The molecular formula is C15H18N4O2. The van der Waals surface area contributed by atoms with Crippen molar-refractivity contribution in [2.24, 2.45) is 10.9 Å². The van der Waals surface area contributed by atoms with Crippen molar-refractivity contribution in [2.45, 2.75) is 26.2 Å². The van der Waals surface area contributed by atoms with Crippen molar-refractivity contribution in [3.05, 3.63) is 47.9 Å². The monoisotopic (exact) mass is 286 g/mol. The Morgan fingerprint density at radius 3 is 2.57 bits per heavy atom. The highest BCUT2D eigenvalue weighted by Crippen LogP contribution is 2.25.